The van der Waals surface area contributed by atoms with Crippen molar-refractivity contribution in [3.05, 3.63) is 77.4 Å². The van der Waals surface area contributed by atoms with Crippen molar-refractivity contribution >= 4 is 11.7 Å². The van der Waals surface area contributed by atoms with Crippen LogP contribution in [0.25, 0.3) is 11.1 Å². The molecule has 2 heterocycles. The van der Waals surface area contributed by atoms with Gasteiger partial charge in [0.25, 0.3) is 0 Å². The number of methoxy groups -OCH3 is 2. The Balaban J connectivity index is 1.86. The summed E-state index contributed by atoms with van der Waals surface area (Å²) in [7, 11) is 4.74. The molecule has 7 nitrogen and oxygen atoms in total. The topological polar surface area (TPSA) is 76.1 Å². The van der Waals surface area contributed by atoms with Crippen LogP contribution in [0, 0.1) is 5.82 Å². The number of hydrogen-bond acceptors (Lipinski definition) is 5. The van der Waals surface area contributed by atoms with Gasteiger partial charge in [-0.2, -0.15) is 5.10 Å². The molecule has 8 heteroatoms. The van der Waals surface area contributed by atoms with Gasteiger partial charge in [-0.25, -0.2) is 14.2 Å². The largest absolute Gasteiger partial charge is 0.493 e. The Morgan fingerprint density at radius 1 is 1.06 bits per heavy atom. The number of nitrogens with zero attached hydrogens (tertiary/aromatic N) is 3. The molecule has 1 aromatic heterocycles. The number of amides is 2. The number of ether oxygens (including phenoxy) is 2. The summed E-state index contributed by atoms with van der Waals surface area (Å²) in [6.45, 7) is 1.94. The van der Waals surface area contributed by atoms with Crippen molar-refractivity contribution in [3.8, 4) is 22.6 Å². The number of carbonyl (C=O) groups is 1. The van der Waals surface area contributed by atoms with Gasteiger partial charge >= 0.3 is 6.03 Å². The molecule has 0 aliphatic carbocycles. The number of urea groups is 1. The highest BCUT2D eigenvalue weighted by Crippen LogP contribution is 2.35. The number of pyridine rings is 1. The predicted octanol–water partition coefficient (Wildman–Crippen LogP) is 4.24. The predicted molar refractivity (Wildman–Crippen MR) is 124 cm³/mol. The molecule has 1 unspecified atom stereocenters. The molecular weight excluding hydrogens is 423 g/mol. The van der Waals surface area contributed by atoms with Crippen molar-refractivity contribution in [2.45, 2.75) is 19.4 Å². The number of carbonyl (C=O) groups excluding carboxylic acids is 1. The summed E-state index contributed by atoms with van der Waals surface area (Å²) < 4.78 is 25.2. The zero-order valence-electron chi connectivity index (χ0n) is 18.9. The van der Waals surface area contributed by atoms with Crippen LogP contribution in [0.4, 0.5) is 9.18 Å². The first-order valence-corrected chi connectivity index (χ1v) is 10.5. The van der Waals surface area contributed by atoms with Gasteiger partial charge in [0.15, 0.2) is 11.5 Å². The molecule has 170 valence electrons. The number of fused-ring (bicyclic) bond motifs is 1. The lowest BCUT2D eigenvalue weighted by molar-refractivity contribution is 0.184. The van der Waals surface area contributed by atoms with Crippen LogP contribution >= 0.6 is 0 Å². The average molecular weight is 448 g/mol. The van der Waals surface area contributed by atoms with E-state index in [0.717, 1.165) is 16.7 Å². The summed E-state index contributed by atoms with van der Waals surface area (Å²) in [5.41, 5.74) is 4.32. The Morgan fingerprint density at radius 3 is 2.36 bits per heavy atom. The Kier molecular flexibility index (Phi) is 6.26. The number of rotatable bonds is 4. The fraction of sp³-hybridized carbons (Fsp3) is 0.240. The minimum atomic E-state index is -0.341. The summed E-state index contributed by atoms with van der Waals surface area (Å²) in [6.07, 6.45) is 3.49. The van der Waals surface area contributed by atoms with Gasteiger partial charge < -0.3 is 14.8 Å². The van der Waals surface area contributed by atoms with Crippen LogP contribution in [-0.2, 0) is 6.42 Å². The first-order valence-electron chi connectivity index (χ1n) is 10.5. The van der Waals surface area contributed by atoms with Crippen LogP contribution in [-0.4, -0.2) is 49.0 Å². The van der Waals surface area contributed by atoms with Crippen LogP contribution in [0.15, 0.2) is 60.0 Å². The molecule has 1 atom stereocenters. The Bertz CT molecular complexity index is 1210. The third-order valence-corrected chi connectivity index (χ3v) is 5.66. The van der Waals surface area contributed by atoms with Crippen LogP contribution in [0.5, 0.6) is 11.5 Å². The van der Waals surface area contributed by atoms with Crippen molar-refractivity contribution < 1.29 is 18.7 Å². The summed E-state index contributed by atoms with van der Waals surface area (Å²) in [6, 6.07) is 12.0. The minimum absolute atomic E-state index is 0.192. The van der Waals surface area contributed by atoms with Gasteiger partial charge in [0.05, 0.1) is 26.0 Å². The molecule has 3 aromatic rings. The van der Waals surface area contributed by atoms with E-state index in [1.54, 1.807) is 21.3 Å². The van der Waals surface area contributed by atoms with E-state index < -0.39 is 0 Å². The van der Waals surface area contributed by atoms with Crippen LogP contribution < -0.4 is 14.8 Å². The second-order valence-corrected chi connectivity index (χ2v) is 7.70. The maximum Gasteiger partial charge on any atom is 0.337 e. The second-order valence-electron chi connectivity index (χ2n) is 7.70. The monoisotopic (exact) mass is 448 g/mol. The Morgan fingerprint density at radius 2 is 1.73 bits per heavy atom. The lowest BCUT2D eigenvalue weighted by Crippen LogP contribution is -2.41. The molecule has 0 saturated carbocycles. The van der Waals surface area contributed by atoms with E-state index in [1.807, 2.05) is 43.3 Å². The van der Waals surface area contributed by atoms with E-state index >= 15 is 0 Å². The van der Waals surface area contributed by atoms with Crippen molar-refractivity contribution in [3.63, 3.8) is 0 Å². The zero-order chi connectivity index (χ0) is 23.5. The number of aromatic nitrogens is 1. The van der Waals surface area contributed by atoms with E-state index in [-0.39, 0.29) is 17.9 Å². The lowest BCUT2D eigenvalue weighted by Gasteiger charge is -2.22. The zero-order valence-corrected chi connectivity index (χ0v) is 18.9. The molecule has 1 N–H and O–H groups in total. The molecular formula is C25H25FN4O3. The van der Waals surface area contributed by atoms with Gasteiger partial charge in [0.1, 0.15) is 5.82 Å². The van der Waals surface area contributed by atoms with E-state index in [4.69, 9.17) is 14.6 Å². The SMILES string of the molecule is CNC(=O)N1N=C(c2ccc(-c3cnccc3F)cc2)c2cc(OC)c(OC)cc2CC1C. The maximum atomic E-state index is 14.2. The summed E-state index contributed by atoms with van der Waals surface area (Å²) in [5.74, 6) is 0.837. The lowest BCUT2D eigenvalue weighted by atomic mass is 9.93. The van der Waals surface area contributed by atoms with Crippen molar-refractivity contribution in [2.75, 3.05) is 21.3 Å². The molecule has 0 bridgehead atoms. The highest BCUT2D eigenvalue weighted by atomic mass is 19.1. The van der Waals surface area contributed by atoms with Gasteiger partial charge in [-0.3, -0.25) is 4.98 Å². The quantitative estimate of drug-likeness (QED) is 0.648. The Hall–Kier alpha value is -3.94. The normalized spacial score (nSPS) is 15.2. The van der Waals surface area contributed by atoms with E-state index in [0.29, 0.717) is 34.8 Å². The smallest absolute Gasteiger partial charge is 0.337 e. The number of hydrogen-bond donors (Lipinski definition) is 1. The molecule has 1 aliphatic rings. The van der Waals surface area contributed by atoms with E-state index in [9.17, 15) is 9.18 Å². The summed E-state index contributed by atoms with van der Waals surface area (Å²) in [5, 5.41) is 8.85. The summed E-state index contributed by atoms with van der Waals surface area (Å²) >= 11 is 0. The minimum Gasteiger partial charge on any atom is -0.493 e. The van der Waals surface area contributed by atoms with Gasteiger partial charge in [-0.1, -0.05) is 24.3 Å². The molecule has 4 rings (SSSR count). The Labute approximate surface area is 191 Å². The fourth-order valence-corrected chi connectivity index (χ4v) is 3.95. The van der Waals surface area contributed by atoms with Crippen LogP contribution in [0.3, 0.4) is 0 Å². The molecule has 2 amide bonds. The van der Waals surface area contributed by atoms with Gasteiger partial charge in [-0.05, 0) is 42.7 Å². The maximum absolute atomic E-state index is 14.2. The third kappa shape index (κ3) is 4.24. The number of hydrazone groups is 1. The van der Waals surface area contributed by atoms with Crippen molar-refractivity contribution in [2.24, 2.45) is 5.10 Å². The van der Waals surface area contributed by atoms with E-state index in [1.165, 1.54) is 23.5 Å². The van der Waals surface area contributed by atoms with Gasteiger partial charge in [-0.15, -0.1) is 0 Å². The van der Waals surface area contributed by atoms with Crippen LogP contribution in [0.2, 0.25) is 0 Å². The molecule has 0 spiro atoms. The molecule has 1 aliphatic heterocycles. The van der Waals surface area contributed by atoms with Gasteiger partial charge in [0.2, 0.25) is 0 Å². The molecule has 33 heavy (non-hydrogen) atoms. The highest BCUT2D eigenvalue weighted by Gasteiger charge is 2.28. The number of halogens is 1. The standard InChI is InChI=1S/C25H25FN4O3/c1-15-11-18-12-22(32-3)23(33-4)13-19(18)24(29-30(15)25(31)27-2)17-7-5-16(6-8-17)20-14-28-10-9-21(20)26/h5-10,12-15H,11H2,1-4H3,(H,27,31). The number of benzene rings is 2. The fourth-order valence-electron chi connectivity index (χ4n) is 3.95. The molecule has 0 saturated heterocycles. The van der Waals surface area contributed by atoms with Crippen LogP contribution in [0.1, 0.15) is 23.6 Å². The average Bonchev–Trinajstić information content (AvgIpc) is 2.98. The van der Waals surface area contributed by atoms with E-state index in [2.05, 4.69) is 10.3 Å². The molecule has 0 radical (unpaired) electrons. The highest BCUT2D eigenvalue weighted by molar-refractivity contribution is 6.14. The van der Waals surface area contributed by atoms with Gasteiger partial charge in [0, 0.05) is 36.1 Å². The van der Waals surface area contributed by atoms with Crippen molar-refractivity contribution in [1.29, 1.82) is 0 Å². The molecule has 2 aromatic carbocycles. The molecule has 0 fully saturated rings. The second kappa shape index (κ2) is 9.28. The number of nitrogens with one attached hydrogen (secondary N) is 1. The first kappa shape index (κ1) is 22.3. The third-order valence-electron chi connectivity index (χ3n) is 5.66. The first-order chi connectivity index (χ1) is 16.0. The summed E-state index contributed by atoms with van der Waals surface area (Å²) in [4.78, 5) is 16.6. The van der Waals surface area contributed by atoms with Crippen molar-refractivity contribution in [1.82, 2.24) is 15.3 Å².